The van der Waals surface area contributed by atoms with E-state index in [0.717, 1.165) is 18.4 Å². The zero-order valence-corrected chi connectivity index (χ0v) is 17.8. The molecule has 6 nitrogen and oxygen atoms in total. The van der Waals surface area contributed by atoms with Crippen LogP contribution in [0.4, 0.5) is 0 Å². The Labute approximate surface area is 172 Å². The minimum absolute atomic E-state index is 0.0534. The summed E-state index contributed by atoms with van der Waals surface area (Å²) < 4.78 is 0. The van der Waals surface area contributed by atoms with E-state index in [1.165, 1.54) is 6.07 Å². The van der Waals surface area contributed by atoms with Gasteiger partial charge in [0.2, 0.25) is 5.91 Å². The third-order valence-corrected chi connectivity index (χ3v) is 5.20. The van der Waals surface area contributed by atoms with Crippen molar-refractivity contribution in [3.63, 3.8) is 0 Å². The van der Waals surface area contributed by atoms with E-state index < -0.39 is 5.41 Å². The fraction of sp³-hybridized carbons (Fsp3) is 0.522. The standard InChI is InChI=1S/C23H30N2O4/c1-6-25-13-15(9-10-23(4,5)22(28)24-16-7-8-16)21(29-25)18-11-17(14(2)3)19(26)12-20(18)27/h11-12,14,16,26-27H,6-8,13H2,1-5H3,(H,24,28). The number of carbonyl (C=O) groups excluding carboxylic acids is 1. The molecule has 1 amide bonds. The van der Waals surface area contributed by atoms with Crippen LogP contribution in [0.3, 0.4) is 0 Å². The number of benzene rings is 1. The van der Waals surface area contributed by atoms with Crippen molar-refractivity contribution < 1.29 is 19.8 Å². The van der Waals surface area contributed by atoms with Crippen LogP contribution in [0.5, 0.6) is 11.5 Å². The molecule has 156 valence electrons. The molecule has 3 rings (SSSR count). The molecule has 0 radical (unpaired) electrons. The van der Waals surface area contributed by atoms with Gasteiger partial charge in [0.05, 0.1) is 17.7 Å². The number of amides is 1. The Kier molecular flexibility index (Phi) is 5.81. The second-order valence-corrected chi connectivity index (χ2v) is 8.56. The average molecular weight is 399 g/mol. The van der Waals surface area contributed by atoms with Gasteiger partial charge in [-0.2, -0.15) is 0 Å². The van der Waals surface area contributed by atoms with Crippen molar-refractivity contribution >= 4 is 11.7 Å². The van der Waals surface area contributed by atoms with Gasteiger partial charge in [0.25, 0.3) is 0 Å². The highest BCUT2D eigenvalue weighted by Crippen LogP contribution is 2.39. The minimum Gasteiger partial charge on any atom is -0.508 e. The second-order valence-electron chi connectivity index (χ2n) is 8.56. The molecule has 1 saturated carbocycles. The number of phenolic OH excluding ortho intramolecular Hbond substituents is 2. The molecule has 0 saturated heterocycles. The molecule has 29 heavy (non-hydrogen) atoms. The number of aromatic hydroxyl groups is 2. The molecule has 1 aliphatic carbocycles. The summed E-state index contributed by atoms with van der Waals surface area (Å²) in [7, 11) is 0. The summed E-state index contributed by atoms with van der Waals surface area (Å²) in [4.78, 5) is 18.4. The Hall–Kier alpha value is -2.65. The summed E-state index contributed by atoms with van der Waals surface area (Å²) in [6.07, 6.45) is 2.06. The fourth-order valence-corrected chi connectivity index (χ4v) is 3.07. The second kappa shape index (κ2) is 8.00. The van der Waals surface area contributed by atoms with Crippen molar-refractivity contribution in [2.24, 2.45) is 5.41 Å². The average Bonchev–Trinajstić information content (AvgIpc) is 3.36. The topological polar surface area (TPSA) is 82.0 Å². The maximum absolute atomic E-state index is 12.5. The molecule has 0 spiro atoms. The smallest absolute Gasteiger partial charge is 0.237 e. The van der Waals surface area contributed by atoms with Crippen LogP contribution in [-0.2, 0) is 9.63 Å². The number of likely N-dealkylation sites (N-methyl/N-ethyl adjacent to an activating group) is 1. The number of nitrogens with one attached hydrogen (secondary N) is 1. The molecule has 1 aromatic rings. The van der Waals surface area contributed by atoms with E-state index in [-0.39, 0.29) is 29.4 Å². The van der Waals surface area contributed by atoms with E-state index in [1.807, 2.05) is 20.8 Å². The van der Waals surface area contributed by atoms with Gasteiger partial charge >= 0.3 is 0 Å². The Morgan fingerprint density at radius 3 is 2.59 bits per heavy atom. The zero-order valence-electron chi connectivity index (χ0n) is 17.8. The van der Waals surface area contributed by atoms with Crippen molar-refractivity contribution in [3.05, 3.63) is 28.8 Å². The summed E-state index contributed by atoms with van der Waals surface area (Å²) in [5.41, 5.74) is 1.09. The predicted octanol–water partition coefficient (Wildman–Crippen LogP) is 3.51. The first-order valence-electron chi connectivity index (χ1n) is 10.2. The van der Waals surface area contributed by atoms with Crippen molar-refractivity contribution in [2.45, 2.75) is 59.4 Å². The SMILES string of the molecule is CCN1CC(C#CC(C)(C)C(=O)NC2CC2)=C(c2cc(C(C)C)c(O)cc2O)O1. The molecule has 1 heterocycles. The van der Waals surface area contributed by atoms with Crippen LogP contribution in [0.25, 0.3) is 5.76 Å². The van der Waals surface area contributed by atoms with E-state index >= 15 is 0 Å². The van der Waals surface area contributed by atoms with Gasteiger partial charge < -0.3 is 20.4 Å². The predicted molar refractivity (Wildman–Crippen MR) is 112 cm³/mol. The summed E-state index contributed by atoms with van der Waals surface area (Å²) in [5.74, 6) is 6.68. The van der Waals surface area contributed by atoms with E-state index in [4.69, 9.17) is 4.84 Å². The monoisotopic (exact) mass is 398 g/mol. The normalized spacial score (nSPS) is 17.2. The van der Waals surface area contributed by atoms with E-state index in [1.54, 1.807) is 25.0 Å². The Bertz CT molecular complexity index is 901. The van der Waals surface area contributed by atoms with Crippen LogP contribution >= 0.6 is 0 Å². The first-order chi connectivity index (χ1) is 13.6. The largest absolute Gasteiger partial charge is 0.508 e. The minimum atomic E-state index is -0.833. The van der Waals surface area contributed by atoms with Crippen LogP contribution in [-0.4, -0.2) is 40.3 Å². The van der Waals surface area contributed by atoms with Gasteiger partial charge in [0.1, 0.15) is 16.9 Å². The lowest BCUT2D eigenvalue weighted by atomic mass is 9.92. The van der Waals surface area contributed by atoms with Gasteiger partial charge in [-0.15, -0.1) is 5.06 Å². The maximum Gasteiger partial charge on any atom is 0.237 e. The molecular formula is C23H30N2O4. The number of nitrogens with zero attached hydrogens (tertiary/aromatic N) is 1. The zero-order chi connectivity index (χ0) is 21.3. The number of carbonyl (C=O) groups is 1. The van der Waals surface area contributed by atoms with Gasteiger partial charge in [-0.1, -0.05) is 25.7 Å². The van der Waals surface area contributed by atoms with E-state index in [2.05, 4.69) is 17.2 Å². The van der Waals surface area contributed by atoms with Crippen molar-refractivity contribution in [3.8, 4) is 23.3 Å². The quantitative estimate of drug-likeness (QED) is 0.661. The number of rotatable bonds is 5. The first-order valence-corrected chi connectivity index (χ1v) is 10.2. The highest BCUT2D eigenvalue weighted by atomic mass is 16.7. The Morgan fingerprint density at radius 2 is 2.00 bits per heavy atom. The molecule has 2 aliphatic rings. The number of hydrogen-bond donors (Lipinski definition) is 3. The fourth-order valence-electron chi connectivity index (χ4n) is 3.07. The maximum atomic E-state index is 12.5. The van der Waals surface area contributed by atoms with Crippen LogP contribution in [0.15, 0.2) is 17.7 Å². The number of phenols is 2. The third-order valence-electron chi connectivity index (χ3n) is 5.20. The highest BCUT2D eigenvalue weighted by molar-refractivity contribution is 5.86. The van der Waals surface area contributed by atoms with Crippen LogP contribution in [0.2, 0.25) is 0 Å². The molecule has 0 atom stereocenters. The van der Waals surface area contributed by atoms with Crippen molar-refractivity contribution in [1.29, 1.82) is 0 Å². The lowest BCUT2D eigenvalue weighted by Gasteiger charge is -2.16. The summed E-state index contributed by atoms with van der Waals surface area (Å²) >= 11 is 0. The van der Waals surface area contributed by atoms with E-state index in [9.17, 15) is 15.0 Å². The lowest BCUT2D eigenvalue weighted by molar-refractivity contribution is -0.126. The number of hydrogen-bond acceptors (Lipinski definition) is 5. The van der Waals surface area contributed by atoms with E-state index in [0.29, 0.717) is 30.0 Å². The lowest BCUT2D eigenvalue weighted by Crippen LogP contribution is -2.37. The van der Waals surface area contributed by atoms with Gasteiger partial charge in [0.15, 0.2) is 5.76 Å². The van der Waals surface area contributed by atoms with Crippen LogP contribution < -0.4 is 5.32 Å². The molecular weight excluding hydrogens is 368 g/mol. The summed E-state index contributed by atoms with van der Waals surface area (Å²) in [5, 5.41) is 25.3. The van der Waals surface area contributed by atoms with Crippen LogP contribution in [0, 0.1) is 17.3 Å². The summed E-state index contributed by atoms with van der Waals surface area (Å²) in [6.45, 7) is 10.6. The molecule has 1 aromatic carbocycles. The first kappa shape index (κ1) is 21.1. The van der Waals surface area contributed by atoms with Gasteiger partial charge in [-0.25, -0.2) is 0 Å². The van der Waals surface area contributed by atoms with Crippen molar-refractivity contribution in [2.75, 3.05) is 13.1 Å². The number of hydroxylamine groups is 2. The molecule has 0 aromatic heterocycles. The van der Waals surface area contributed by atoms with Crippen molar-refractivity contribution in [1.82, 2.24) is 10.4 Å². The molecule has 0 unspecified atom stereocenters. The molecule has 0 bridgehead atoms. The summed E-state index contributed by atoms with van der Waals surface area (Å²) in [6, 6.07) is 3.37. The molecule has 3 N–H and O–H groups in total. The van der Waals surface area contributed by atoms with Gasteiger partial charge in [-0.05, 0) is 51.2 Å². The highest BCUT2D eigenvalue weighted by Gasteiger charge is 2.32. The van der Waals surface area contributed by atoms with Gasteiger partial charge in [0, 0.05) is 18.7 Å². The molecule has 1 fully saturated rings. The molecule has 1 aliphatic heterocycles. The molecule has 6 heteroatoms. The Balaban J connectivity index is 1.98. The third kappa shape index (κ3) is 4.68. The van der Waals surface area contributed by atoms with Gasteiger partial charge in [-0.3, -0.25) is 4.79 Å². The van der Waals surface area contributed by atoms with Crippen LogP contribution in [0.1, 0.15) is 64.5 Å². The Morgan fingerprint density at radius 1 is 1.31 bits per heavy atom.